The van der Waals surface area contributed by atoms with Gasteiger partial charge in [-0.25, -0.2) is 4.98 Å². The summed E-state index contributed by atoms with van der Waals surface area (Å²) in [5, 5.41) is 7.44. The van der Waals surface area contributed by atoms with Crippen LogP contribution >= 0.6 is 11.3 Å². The fraction of sp³-hybridized carbons (Fsp3) is 0.375. The number of thiazole rings is 1. The number of methoxy groups -OCH3 is 1. The first-order valence-corrected chi connectivity index (χ1v) is 8.34. The zero-order valence-electron chi connectivity index (χ0n) is 13.9. The topological polar surface area (TPSA) is 58.5 Å². The highest BCUT2D eigenvalue weighted by molar-refractivity contribution is 7.09. The van der Waals surface area contributed by atoms with E-state index < -0.39 is 11.9 Å². The monoisotopic (exact) mass is 372 g/mol. The summed E-state index contributed by atoms with van der Waals surface area (Å²) in [6.45, 7) is 1.19. The number of nitrogens with one attached hydrogen (secondary N) is 2. The number of nitrogens with zero attached hydrogens (tertiary/aromatic N) is 2. The molecule has 0 radical (unpaired) electrons. The Bertz CT molecular complexity index is 715. The van der Waals surface area contributed by atoms with Crippen LogP contribution in [0.2, 0.25) is 0 Å². The van der Waals surface area contributed by atoms with E-state index in [1.165, 1.54) is 0 Å². The Balaban J connectivity index is 1.90. The quantitative estimate of drug-likeness (QED) is 0.604. The Hall–Kier alpha value is -2.13. The molecule has 0 aliphatic carbocycles. The van der Waals surface area contributed by atoms with Gasteiger partial charge in [0.25, 0.3) is 0 Å². The van der Waals surface area contributed by atoms with Crippen molar-refractivity contribution in [3.8, 4) is 0 Å². The lowest BCUT2D eigenvalue weighted by atomic mass is 10.1. The Morgan fingerprint density at radius 1 is 1.20 bits per heavy atom. The van der Waals surface area contributed by atoms with Crippen LogP contribution in [0.4, 0.5) is 13.2 Å². The van der Waals surface area contributed by atoms with Crippen molar-refractivity contribution >= 4 is 17.3 Å². The molecule has 1 aromatic carbocycles. The van der Waals surface area contributed by atoms with E-state index in [2.05, 4.69) is 20.6 Å². The van der Waals surface area contributed by atoms with Crippen LogP contribution in [0.25, 0.3) is 0 Å². The van der Waals surface area contributed by atoms with Crippen LogP contribution in [0.5, 0.6) is 0 Å². The number of benzene rings is 1. The maximum absolute atomic E-state index is 12.6. The summed E-state index contributed by atoms with van der Waals surface area (Å²) in [4.78, 5) is 7.64. The Morgan fingerprint density at radius 2 is 1.88 bits per heavy atom. The molecule has 0 aliphatic heterocycles. The molecule has 1 aromatic heterocycles. The molecule has 0 saturated carbocycles. The average molecular weight is 372 g/mol. The lowest BCUT2D eigenvalue weighted by Crippen LogP contribution is -2.36. The fourth-order valence-corrected chi connectivity index (χ4v) is 2.85. The van der Waals surface area contributed by atoms with Crippen LogP contribution in [-0.2, 0) is 30.6 Å². The van der Waals surface area contributed by atoms with Gasteiger partial charge < -0.3 is 15.4 Å². The second-order valence-corrected chi connectivity index (χ2v) is 6.05. The Kier molecular flexibility index (Phi) is 6.77. The molecule has 5 nitrogen and oxygen atoms in total. The summed E-state index contributed by atoms with van der Waals surface area (Å²) in [5.41, 5.74) is 1.24. The highest BCUT2D eigenvalue weighted by atomic mass is 32.1. The molecule has 9 heteroatoms. The van der Waals surface area contributed by atoms with Crippen LogP contribution < -0.4 is 10.6 Å². The van der Waals surface area contributed by atoms with E-state index >= 15 is 0 Å². The molecule has 136 valence electrons. The number of guanidine groups is 1. The Labute approximate surface area is 148 Å². The van der Waals surface area contributed by atoms with Gasteiger partial charge in [0.05, 0.1) is 13.2 Å². The van der Waals surface area contributed by atoms with Crippen LogP contribution in [0.3, 0.4) is 0 Å². The first-order chi connectivity index (χ1) is 11.9. The van der Waals surface area contributed by atoms with Gasteiger partial charge in [0, 0.05) is 26.1 Å². The van der Waals surface area contributed by atoms with Crippen molar-refractivity contribution < 1.29 is 17.9 Å². The molecule has 2 N–H and O–H groups in total. The lowest BCUT2D eigenvalue weighted by molar-refractivity contribution is -0.140. The van der Waals surface area contributed by atoms with E-state index in [1.54, 1.807) is 14.2 Å². The zero-order valence-corrected chi connectivity index (χ0v) is 14.7. The van der Waals surface area contributed by atoms with E-state index in [0.717, 1.165) is 27.8 Å². The van der Waals surface area contributed by atoms with E-state index in [4.69, 9.17) is 4.74 Å². The molecule has 0 fully saturated rings. The standard InChI is InChI=1S/C16H19F3N4OS/c1-20-15(21-7-11-5-3-4-6-12(11)9-24-2)22-8-14-23-13(10-25-14)16(17,18)19/h3-6,10H,7-9H2,1-2H3,(H2,20,21,22). The van der Waals surface area contributed by atoms with Gasteiger partial charge in [0.1, 0.15) is 5.01 Å². The lowest BCUT2D eigenvalue weighted by Gasteiger charge is -2.13. The molecule has 0 unspecified atom stereocenters. The maximum Gasteiger partial charge on any atom is 0.434 e. The van der Waals surface area contributed by atoms with Gasteiger partial charge in [0.2, 0.25) is 0 Å². The highest BCUT2D eigenvalue weighted by Gasteiger charge is 2.33. The minimum atomic E-state index is -4.42. The molecule has 0 spiro atoms. The largest absolute Gasteiger partial charge is 0.434 e. The average Bonchev–Trinajstić information content (AvgIpc) is 3.06. The maximum atomic E-state index is 12.6. The van der Waals surface area contributed by atoms with Gasteiger partial charge in [-0.2, -0.15) is 13.2 Å². The number of ether oxygens (including phenoxy) is 1. The summed E-state index contributed by atoms with van der Waals surface area (Å²) < 4.78 is 42.8. The summed E-state index contributed by atoms with van der Waals surface area (Å²) in [6, 6.07) is 7.82. The minimum absolute atomic E-state index is 0.167. The van der Waals surface area contributed by atoms with Gasteiger partial charge in [-0.15, -0.1) is 11.3 Å². The summed E-state index contributed by atoms with van der Waals surface area (Å²) >= 11 is 0.959. The first-order valence-electron chi connectivity index (χ1n) is 7.46. The number of halogens is 3. The SMILES string of the molecule is CN=C(NCc1nc(C(F)(F)F)cs1)NCc1ccccc1COC. The molecule has 25 heavy (non-hydrogen) atoms. The van der Waals surface area contributed by atoms with Crippen LogP contribution in [0.1, 0.15) is 21.8 Å². The third kappa shape index (κ3) is 5.71. The van der Waals surface area contributed by atoms with Gasteiger partial charge in [-0.05, 0) is 11.1 Å². The highest BCUT2D eigenvalue weighted by Crippen LogP contribution is 2.29. The summed E-state index contributed by atoms with van der Waals surface area (Å²) in [7, 11) is 3.23. The molecule has 0 bridgehead atoms. The summed E-state index contributed by atoms with van der Waals surface area (Å²) in [5.74, 6) is 0.482. The zero-order chi connectivity index (χ0) is 18.3. The molecule has 0 atom stereocenters. The van der Waals surface area contributed by atoms with E-state index in [-0.39, 0.29) is 6.54 Å². The van der Waals surface area contributed by atoms with Gasteiger partial charge >= 0.3 is 6.18 Å². The minimum Gasteiger partial charge on any atom is -0.380 e. The first kappa shape index (κ1) is 19.2. The number of aromatic nitrogens is 1. The number of rotatable bonds is 6. The van der Waals surface area contributed by atoms with Crippen molar-refractivity contribution in [3.63, 3.8) is 0 Å². The van der Waals surface area contributed by atoms with Gasteiger partial charge in [-0.3, -0.25) is 4.99 Å². The number of alkyl halides is 3. The van der Waals surface area contributed by atoms with Crippen LogP contribution in [0, 0.1) is 0 Å². The molecular weight excluding hydrogens is 353 g/mol. The summed E-state index contributed by atoms with van der Waals surface area (Å²) in [6.07, 6.45) is -4.42. The molecule has 0 amide bonds. The smallest absolute Gasteiger partial charge is 0.380 e. The van der Waals surface area contributed by atoms with E-state index in [0.29, 0.717) is 24.1 Å². The molecule has 0 saturated heterocycles. The normalized spacial score (nSPS) is 12.3. The van der Waals surface area contributed by atoms with Crippen molar-refractivity contribution in [2.24, 2.45) is 4.99 Å². The second kappa shape index (κ2) is 8.82. The molecule has 2 rings (SSSR count). The molecule has 2 aromatic rings. The fourth-order valence-electron chi connectivity index (χ4n) is 2.11. The van der Waals surface area contributed by atoms with Crippen molar-refractivity contribution in [2.45, 2.75) is 25.9 Å². The molecule has 0 aliphatic rings. The molecular formula is C16H19F3N4OS. The van der Waals surface area contributed by atoms with Gasteiger partial charge in [-0.1, -0.05) is 24.3 Å². The number of hydrogen-bond acceptors (Lipinski definition) is 4. The third-order valence-electron chi connectivity index (χ3n) is 3.34. The van der Waals surface area contributed by atoms with E-state index in [1.807, 2.05) is 24.3 Å². The van der Waals surface area contributed by atoms with Crippen molar-refractivity contribution in [2.75, 3.05) is 14.2 Å². The van der Waals surface area contributed by atoms with Crippen molar-refractivity contribution in [1.29, 1.82) is 0 Å². The van der Waals surface area contributed by atoms with Crippen molar-refractivity contribution in [3.05, 3.63) is 51.5 Å². The molecule has 1 heterocycles. The van der Waals surface area contributed by atoms with Crippen LogP contribution in [-0.4, -0.2) is 25.1 Å². The number of aliphatic imine (C=N–C) groups is 1. The van der Waals surface area contributed by atoms with Gasteiger partial charge in [0.15, 0.2) is 11.7 Å². The van der Waals surface area contributed by atoms with Crippen LogP contribution in [0.15, 0.2) is 34.6 Å². The second-order valence-electron chi connectivity index (χ2n) is 5.11. The Morgan fingerprint density at radius 3 is 2.48 bits per heavy atom. The predicted molar refractivity (Wildman–Crippen MR) is 91.3 cm³/mol. The van der Waals surface area contributed by atoms with Crippen molar-refractivity contribution in [1.82, 2.24) is 15.6 Å². The third-order valence-corrected chi connectivity index (χ3v) is 4.19. The number of hydrogen-bond donors (Lipinski definition) is 2. The predicted octanol–water partition coefficient (Wildman–Crippen LogP) is 3.17. The van der Waals surface area contributed by atoms with E-state index in [9.17, 15) is 13.2 Å².